The lowest BCUT2D eigenvalue weighted by Crippen LogP contribution is -2.43. The monoisotopic (exact) mass is 382 g/mol. The summed E-state index contributed by atoms with van der Waals surface area (Å²) in [6.45, 7) is 4.47. The Morgan fingerprint density at radius 2 is 1.95 bits per heavy atom. The molecule has 0 spiro atoms. The molecule has 0 radical (unpaired) electrons. The molecule has 0 aromatic heterocycles. The Balaban J connectivity index is 2.90. The maximum atomic E-state index is 12.3. The molecule has 1 unspecified atom stereocenters. The zero-order valence-corrected chi connectivity index (χ0v) is 15.2. The van der Waals surface area contributed by atoms with Crippen LogP contribution >= 0.6 is 27.5 Å². The molecule has 1 aromatic rings. The van der Waals surface area contributed by atoms with Crippen molar-refractivity contribution in [1.82, 2.24) is 9.62 Å². The van der Waals surface area contributed by atoms with Gasteiger partial charge in [-0.25, -0.2) is 13.1 Å². The van der Waals surface area contributed by atoms with E-state index in [1.807, 2.05) is 19.0 Å². The fraction of sp³-hybridized carbons (Fsp3) is 0.538. The van der Waals surface area contributed by atoms with Gasteiger partial charge in [-0.3, -0.25) is 0 Å². The summed E-state index contributed by atoms with van der Waals surface area (Å²) in [6, 6.07) is 4.85. The van der Waals surface area contributed by atoms with Crippen molar-refractivity contribution in [3.63, 3.8) is 0 Å². The van der Waals surface area contributed by atoms with Gasteiger partial charge in [0.25, 0.3) is 0 Å². The molecule has 7 heteroatoms. The van der Waals surface area contributed by atoms with E-state index in [4.69, 9.17) is 11.6 Å². The van der Waals surface area contributed by atoms with Crippen LogP contribution in [0.4, 0.5) is 0 Å². The Hall–Kier alpha value is -0.140. The molecule has 0 saturated heterocycles. The van der Waals surface area contributed by atoms with E-state index in [9.17, 15) is 8.42 Å². The van der Waals surface area contributed by atoms with Gasteiger partial charge in [0.05, 0.1) is 5.02 Å². The Bertz CT molecular complexity index is 553. The van der Waals surface area contributed by atoms with Crippen molar-refractivity contribution in [2.24, 2.45) is 5.92 Å². The molecule has 20 heavy (non-hydrogen) atoms. The van der Waals surface area contributed by atoms with Gasteiger partial charge < -0.3 is 4.90 Å². The fourth-order valence-corrected chi connectivity index (χ4v) is 4.07. The Kier molecular flexibility index (Phi) is 6.47. The summed E-state index contributed by atoms with van der Waals surface area (Å²) in [7, 11) is 0.273. The second-order valence-corrected chi connectivity index (χ2v) is 8.26. The third-order valence-corrected chi connectivity index (χ3v) is 5.50. The van der Waals surface area contributed by atoms with Crippen molar-refractivity contribution >= 4 is 37.6 Å². The zero-order valence-electron chi connectivity index (χ0n) is 12.0. The Morgan fingerprint density at radius 3 is 2.40 bits per heavy atom. The van der Waals surface area contributed by atoms with Crippen molar-refractivity contribution in [2.75, 3.05) is 20.6 Å². The van der Waals surface area contributed by atoms with E-state index in [-0.39, 0.29) is 16.0 Å². The van der Waals surface area contributed by atoms with Crippen molar-refractivity contribution in [3.05, 3.63) is 27.7 Å². The number of hydrogen-bond donors (Lipinski definition) is 1. The topological polar surface area (TPSA) is 49.4 Å². The summed E-state index contributed by atoms with van der Waals surface area (Å²) < 4.78 is 27.9. The molecule has 1 aromatic carbocycles. The van der Waals surface area contributed by atoms with E-state index in [0.717, 1.165) is 4.47 Å². The third-order valence-electron chi connectivity index (χ3n) is 3.10. The standard InChI is InChI=1S/C13H20BrClN2O2S/c1-9(2)12(17(3)4)8-16-20(18,19)13-6-5-10(14)7-11(13)15/h5-7,9,12,16H,8H2,1-4H3. The van der Waals surface area contributed by atoms with Crippen LogP contribution in [-0.4, -0.2) is 40.0 Å². The minimum absolute atomic E-state index is 0.101. The maximum absolute atomic E-state index is 12.3. The van der Waals surface area contributed by atoms with Gasteiger partial charge in [0.15, 0.2) is 0 Å². The molecule has 0 amide bonds. The van der Waals surface area contributed by atoms with Crippen molar-refractivity contribution in [2.45, 2.75) is 24.8 Å². The molecule has 114 valence electrons. The first-order chi connectivity index (χ1) is 9.15. The minimum atomic E-state index is -3.60. The minimum Gasteiger partial charge on any atom is -0.305 e. The van der Waals surface area contributed by atoms with Crippen LogP contribution in [0.5, 0.6) is 0 Å². The molecule has 4 nitrogen and oxygen atoms in total. The molecule has 1 N–H and O–H groups in total. The van der Waals surface area contributed by atoms with Gasteiger partial charge in [0.2, 0.25) is 10.0 Å². The summed E-state index contributed by atoms with van der Waals surface area (Å²) >= 11 is 9.25. The molecule has 0 aliphatic rings. The van der Waals surface area contributed by atoms with E-state index >= 15 is 0 Å². The summed E-state index contributed by atoms with van der Waals surface area (Å²) in [5.74, 6) is 0.341. The van der Waals surface area contributed by atoms with Crippen LogP contribution in [0.15, 0.2) is 27.6 Å². The Morgan fingerprint density at radius 1 is 1.35 bits per heavy atom. The summed E-state index contributed by atoms with van der Waals surface area (Å²) in [5, 5.41) is 0.206. The highest BCUT2D eigenvalue weighted by Gasteiger charge is 2.22. The first kappa shape index (κ1) is 17.9. The number of nitrogens with zero attached hydrogens (tertiary/aromatic N) is 1. The number of benzene rings is 1. The third kappa shape index (κ3) is 4.70. The van der Waals surface area contributed by atoms with Gasteiger partial charge in [-0.05, 0) is 38.2 Å². The lowest BCUT2D eigenvalue weighted by molar-refractivity contribution is 0.233. The van der Waals surface area contributed by atoms with Crippen LogP contribution in [-0.2, 0) is 10.0 Å². The van der Waals surface area contributed by atoms with E-state index in [1.165, 1.54) is 6.07 Å². The molecular formula is C13H20BrClN2O2S. The molecular weight excluding hydrogens is 364 g/mol. The van der Waals surface area contributed by atoms with Crippen LogP contribution < -0.4 is 4.72 Å². The molecule has 0 heterocycles. The maximum Gasteiger partial charge on any atom is 0.242 e. The number of sulfonamides is 1. The van der Waals surface area contributed by atoms with Gasteiger partial charge in [-0.1, -0.05) is 41.4 Å². The highest BCUT2D eigenvalue weighted by atomic mass is 79.9. The number of likely N-dealkylation sites (N-methyl/N-ethyl adjacent to an activating group) is 1. The fourth-order valence-electron chi connectivity index (χ4n) is 1.98. The summed E-state index contributed by atoms with van der Waals surface area (Å²) in [4.78, 5) is 2.11. The lowest BCUT2D eigenvalue weighted by Gasteiger charge is -2.28. The van der Waals surface area contributed by atoms with Gasteiger partial charge in [-0.2, -0.15) is 0 Å². The van der Waals surface area contributed by atoms with Gasteiger partial charge in [-0.15, -0.1) is 0 Å². The number of halogens is 2. The van der Waals surface area contributed by atoms with E-state index < -0.39 is 10.0 Å². The van der Waals surface area contributed by atoms with Gasteiger partial charge in [0.1, 0.15) is 4.90 Å². The largest absolute Gasteiger partial charge is 0.305 e. The molecule has 0 saturated carbocycles. The predicted molar refractivity (Wildman–Crippen MR) is 86.7 cm³/mol. The first-order valence-corrected chi connectivity index (χ1v) is 8.91. The predicted octanol–water partition coefficient (Wildman–Crippen LogP) is 2.97. The van der Waals surface area contributed by atoms with Crippen LogP contribution in [0.1, 0.15) is 13.8 Å². The van der Waals surface area contributed by atoms with E-state index in [0.29, 0.717) is 12.5 Å². The average Bonchev–Trinajstić information content (AvgIpc) is 2.26. The second kappa shape index (κ2) is 7.22. The van der Waals surface area contributed by atoms with Crippen LogP contribution in [0.2, 0.25) is 5.02 Å². The summed E-state index contributed by atoms with van der Waals surface area (Å²) in [5.41, 5.74) is 0. The molecule has 1 atom stereocenters. The van der Waals surface area contributed by atoms with Crippen LogP contribution in [0, 0.1) is 5.92 Å². The van der Waals surface area contributed by atoms with Crippen molar-refractivity contribution in [1.29, 1.82) is 0 Å². The molecule has 0 aliphatic carbocycles. The SMILES string of the molecule is CC(C)C(CNS(=O)(=O)c1ccc(Br)cc1Cl)N(C)C. The molecule has 0 bridgehead atoms. The van der Waals surface area contributed by atoms with E-state index in [2.05, 4.69) is 34.5 Å². The Labute approximate surface area is 134 Å². The average molecular weight is 384 g/mol. The summed E-state index contributed by atoms with van der Waals surface area (Å²) in [6.07, 6.45) is 0. The van der Waals surface area contributed by atoms with Crippen molar-refractivity contribution < 1.29 is 8.42 Å². The molecule has 0 fully saturated rings. The number of rotatable bonds is 6. The normalized spacial score (nSPS) is 14.0. The second-order valence-electron chi connectivity index (χ2n) is 5.20. The van der Waals surface area contributed by atoms with Crippen LogP contribution in [0.3, 0.4) is 0 Å². The van der Waals surface area contributed by atoms with Gasteiger partial charge in [0, 0.05) is 17.1 Å². The van der Waals surface area contributed by atoms with Gasteiger partial charge >= 0.3 is 0 Å². The van der Waals surface area contributed by atoms with Crippen molar-refractivity contribution in [3.8, 4) is 0 Å². The molecule has 0 aliphatic heterocycles. The number of hydrogen-bond acceptors (Lipinski definition) is 3. The lowest BCUT2D eigenvalue weighted by atomic mass is 10.0. The highest BCUT2D eigenvalue weighted by Crippen LogP contribution is 2.25. The quantitative estimate of drug-likeness (QED) is 0.821. The smallest absolute Gasteiger partial charge is 0.242 e. The first-order valence-electron chi connectivity index (χ1n) is 6.26. The molecule has 1 rings (SSSR count). The zero-order chi connectivity index (χ0) is 15.5. The number of nitrogens with one attached hydrogen (secondary N) is 1. The van der Waals surface area contributed by atoms with E-state index in [1.54, 1.807) is 12.1 Å². The highest BCUT2D eigenvalue weighted by molar-refractivity contribution is 9.10. The van der Waals surface area contributed by atoms with Crippen LogP contribution in [0.25, 0.3) is 0 Å².